The van der Waals surface area contributed by atoms with Crippen LogP contribution in [0.4, 0.5) is 0 Å². The van der Waals surface area contributed by atoms with Gasteiger partial charge < -0.3 is 0 Å². The van der Waals surface area contributed by atoms with Crippen molar-refractivity contribution in [2.75, 3.05) is 12.3 Å². The molecule has 4 heteroatoms. The maximum atomic E-state index is 12.3. The summed E-state index contributed by atoms with van der Waals surface area (Å²) in [6.07, 6.45) is 9.72. The minimum Gasteiger partial charge on any atom is -0.277 e. The Morgan fingerprint density at radius 1 is 1.27 bits per heavy atom. The molecular weight excluding hydrogens is 242 g/mol. The van der Waals surface area contributed by atoms with Crippen LogP contribution in [0.25, 0.3) is 0 Å². The van der Waals surface area contributed by atoms with Crippen LogP contribution in [0.5, 0.6) is 0 Å². The molecule has 1 saturated carbocycles. The molecule has 3 rings (SSSR count). The average Bonchev–Trinajstić information content (AvgIpc) is 2.19. The van der Waals surface area contributed by atoms with Gasteiger partial charge in [0, 0.05) is 4.75 Å². The van der Waals surface area contributed by atoms with Crippen LogP contribution in [0.1, 0.15) is 39.0 Å². The van der Waals surface area contributed by atoms with E-state index in [0.29, 0.717) is 4.75 Å². The van der Waals surface area contributed by atoms with Gasteiger partial charge in [0.25, 0.3) is 0 Å². The van der Waals surface area contributed by atoms with E-state index in [4.69, 9.17) is 0 Å². The van der Waals surface area contributed by atoms with Gasteiger partial charge >= 0.3 is 0 Å². The molecule has 0 spiro atoms. The standard InChI is InChI=1S/C11H22OP2S/c1-2-9-5-10(6-9)3-4-11-7-13-15(11,12)14-8-11/h9-10,13-15H,2-8H2,1H3. The fourth-order valence-electron chi connectivity index (χ4n) is 3.26. The van der Waals surface area contributed by atoms with Crippen molar-refractivity contribution < 1.29 is 4.21 Å². The first-order chi connectivity index (χ1) is 7.17. The Labute approximate surface area is 97.0 Å². The summed E-state index contributed by atoms with van der Waals surface area (Å²) in [5.74, 6) is 2.04. The summed E-state index contributed by atoms with van der Waals surface area (Å²) in [5, 5.41) is 0. The molecule has 0 aromatic carbocycles. The predicted octanol–water partition coefficient (Wildman–Crippen LogP) is 3.17. The van der Waals surface area contributed by atoms with Gasteiger partial charge in [0.1, 0.15) is 0 Å². The molecule has 0 bridgehead atoms. The third-order valence-corrected chi connectivity index (χ3v) is 19.2. The lowest BCUT2D eigenvalue weighted by molar-refractivity contribution is 0.170. The van der Waals surface area contributed by atoms with Crippen molar-refractivity contribution in [3.05, 3.63) is 0 Å². The Balaban J connectivity index is 1.46. The molecule has 2 heterocycles. The quantitative estimate of drug-likeness (QED) is 0.609. The molecule has 1 nitrogen and oxygen atoms in total. The first kappa shape index (κ1) is 11.1. The Bertz CT molecular complexity index is 300. The molecule has 1 aliphatic carbocycles. The summed E-state index contributed by atoms with van der Waals surface area (Å²) >= 11 is 0. The molecular formula is C11H22OP2S. The van der Waals surface area contributed by atoms with E-state index in [2.05, 4.69) is 6.92 Å². The molecule has 0 aromatic heterocycles. The Kier molecular flexibility index (Phi) is 2.78. The molecule has 2 atom stereocenters. The SMILES string of the molecule is CCC1CC(CCC23CP[SH]2(=O)PC3)C1. The minimum atomic E-state index is -1.52. The van der Waals surface area contributed by atoms with Crippen LogP contribution < -0.4 is 0 Å². The molecule has 0 N–H and O–H groups in total. The van der Waals surface area contributed by atoms with Crippen molar-refractivity contribution >= 4 is 24.7 Å². The summed E-state index contributed by atoms with van der Waals surface area (Å²) in [5.41, 5.74) is 0. The van der Waals surface area contributed by atoms with Crippen molar-refractivity contribution in [3.63, 3.8) is 0 Å². The average molecular weight is 264 g/mol. The minimum absolute atomic E-state index is 0.432. The van der Waals surface area contributed by atoms with Crippen molar-refractivity contribution in [1.29, 1.82) is 0 Å². The van der Waals surface area contributed by atoms with E-state index < -0.39 is 9.17 Å². The molecule has 88 valence electrons. The van der Waals surface area contributed by atoms with Crippen LogP contribution in [0, 0.1) is 11.8 Å². The van der Waals surface area contributed by atoms with Crippen LogP contribution in [0.3, 0.4) is 0 Å². The van der Waals surface area contributed by atoms with Gasteiger partial charge in [-0.15, -0.1) is 0 Å². The van der Waals surface area contributed by atoms with E-state index >= 15 is 0 Å². The maximum absolute atomic E-state index is 12.3. The van der Waals surface area contributed by atoms with Crippen LogP contribution in [0.15, 0.2) is 0 Å². The van der Waals surface area contributed by atoms with Crippen LogP contribution in [0.2, 0.25) is 0 Å². The van der Waals surface area contributed by atoms with Gasteiger partial charge in [-0.25, -0.2) is 0 Å². The second-order valence-electron chi connectivity index (χ2n) is 5.65. The second kappa shape index (κ2) is 3.76. The highest BCUT2D eigenvalue weighted by atomic mass is 33.1. The van der Waals surface area contributed by atoms with Crippen molar-refractivity contribution in [2.45, 2.75) is 43.8 Å². The monoisotopic (exact) mass is 264 g/mol. The smallest absolute Gasteiger partial charge is 0.0389 e. The second-order valence-corrected chi connectivity index (χ2v) is 16.2. The highest BCUT2D eigenvalue weighted by Gasteiger charge is 2.58. The lowest BCUT2D eigenvalue weighted by Gasteiger charge is -2.62. The number of thiol groups is 1. The lowest BCUT2D eigenvalue weighted by Crippen LogP contribution is -2.58. The molecule has 2 aliphatic heterocycles. The van der Waals surface area contributed by atoms with Crippen LogP contribution in [-0.4, -0.2) is 21.3 Å². The Morgan fingerprint density at radius 2 is 1.93 bits per heavy atom. The summed E-state index contributed by atoms with van der Waals surface area (Å²) in [4.78, 5) is 0. The first-order valence-electron chi connectivity index (χ1n) is 6.28. The van der Waals surface area contributed by atoms with E-state index in [1.807, 2.05) is 0 Å². The van der Waals surface area contributed by atoms with E-state index in [-0.39, 0.29) is 0 Å². The van der Waals surface area contributed by atoms with Gasteiger partial charge in [-0.2, -0.15) is 0 Å². The van der Waals surface area contributed by atoms with Gasteiger partial charge in [0.15, 0.2) is 0 Å². The lowest BCUT2D eigenvalue weighted by atomic mass is 9.71. The highest BCUT2D eigenvalue weighted by Crippen LogP contribution is 2.74. The topological polar surface area (TPSA) is 17.1 Å². The maximum Gasteiger partial charge on any atom is 0.0389 e. The third kappa shape index (κ3) is 1.59. The van der Waals surface area contributed by atoms with Gasteiger partial charge in [-0.05, 0) is 65.4 Å². The number of fused-ring (bicyclic) bond motifs is 1. The molecule has 2 saturated heterocycles. The molecule has 0 radical (unpaired) electrons. The number of hydrogen-bond acceptors (Lipinski definition) is 1. The third-order valence-electron chi connectivity index (χ3n) is 4.86. The van der Waals surface area contributed by atoms with Crippen LogP contribution in [-0.2, 0) is 9.17 Å². The van der Waals surface area contributed by atoms with Crippen LogP contribution >= 0.6 is 15.6 Å². The number of rotatable bonds is 4. The summed E-state index contributed by atoms with van der Waals surface area (Å²) < 4.78 is 12.7. The fraction of sp³-hybridized carbons (Fsp3) is 1.00. The molecule has 0 aromatic rings. The zero-order valence-corrected chi connectivity index (χ0v) is 12.4. The zero-order valence-electron chi connectivity index (χ0n) is 9.46. The Morgan fingerprint density at radius 3 is 2.33 bits per heavy atom. The molecule has 0 amide bonds. The largest absolute Gasteiger partial charge is 0.277 e. The van der Waals surface area contributed by atoms with Gasteiger partial charge in [-0.1, -0.05) is 22.5 Å². The van der Waals surface area contributed by atoms with E-state index in [9.17, 15) is 4.21 Å². The molecule has 3 fully saturated rings. The van der Waals surface area contributed by atoms with E-state index in [1.54, 1.807) is 0 Å². The molecule has 2 unspecified atom stereocenters. The van der Waals surface area contributed by atoms with E-state index in [0.717, 1.165) is 27.4 Å². The molecule has 3 aliphatic rings. The summed E-state index contributed by atoms with van der Waals surface area (Å²) in [7, 11) is 0.225. The van der Waals surface area contributed by atoms with E-state index in [1.165, 1.54) is 44.4 Å². The Hall–Kier alpha value is 1.01. The normalized spacial score (nSPS) is 51.3. The van der Waals surface area contributed by atoms with Gasteiger partial charge in [0.05, 0.1) is 0 Å². The zero-order chi connectivity index (χ0) is 10.5. The summed E-state index contributed by atoms with van der Waals surface area (Å²) in [6.45, 7) is 2.31. The van der Waals surface area contributed by atoms with Gasteiger partial charge in [0.2, 0.25) is 0 Å². The van der Waals surface area contributed by atoms with Crippen molar-refractivity contribution in [1.82, 2.24) is 0 Å². The van der Waals surface area contributed by atoms with Gasteiger partial charge in [-0.3, -0.25) is 4.21 Å². The number of hydrogen-bond donors (Lipinski definition) is 1. The summed E-state index contributed by atoms with van der Waals surface area (Å²) in [6, 6.07) is 0. The predicted molar refractivity (Wildman–Crippen MR) is 74.4 cm³/mol. The molecule has 15 heavy (non-hydrogen) atoms. The fourth-order valence-corrected chi connectivity index (χ4v) is 16.7. The highest BCUT2D eigenvalue weighted by molar-refractivity contribution is 8.83. The first-order valence-corrected chi connectivity index (χ1v) is 12.1. The van der Waals surface area contributed by atoms with Crippen molar-refractivity contribution in [3.8, 4) is 0 Å². The van der Waals surface area contributed by atoms with Crippen molar-refractivity contribution in [2.24, 2.45) is 11.8 Å².